The average molecular weight is 533 g/mol. The first-order chi connectivity index (χ1) is 17.1. The van der Waals surface area contributed by atoms with Gasteiger partial charge in [0.25, 0.3) is 0 Å². The number of ether oxygens (including phenoxy) is 1. The fourth-order valence-electron chi connectivity index (χ4n) is 4.22. The molecular formula is C28H44N4O4S. The average Bonchev–Trinajstić information content (AvgIpc) is 3.14. The van der Waals surface area contributed by atoms with Crippen molar-refractivity contribution in [2.24, 2.45) is 11.3 Å². The molecule has 9 heteroatoms. The van der Waals surface area contributed by atoms with Gasteiger partial charge in [0.2, 0.25) is 5.91 Å². The number of hydrazine groups is 1. The van der Waals surface area contributed by atoms with Crippen LogP contribution in [0.1, 0.15) is 73.3 Å². The van der Waals surface area contributed by atoms with Crippen molar-refractivity contribution < 1.29 is 19.1 Å². The van der Waals surface area contributed by atoms with Gasteiger partial charge in [0.15, 0.2) is 0 Å². The molecule has 0 aliphatic carbocycles. The minimum Gasteiger partial charge on any atom is -0.463 e. The lowest BCUT2D eigenvalue weighted by molar-refractivity contribution is -0.139. The minimum atomic E-state index is -0.791. The van der Waals surface area contributed by atoms with Gasteiger partial charge >= 0.3 is 12.0 Å². The Kier molecular flexibility index (Phi) is 10.2. The molecule has 3 amide bonds. The monoisotopic (exact) mass is 532 g/mol. The molecule has 3 atom stereocenters. The number of amides is 3. The first-order valence-corrected chi connectivity index (χ1v) is 13.7. The SMILES string of the molecule is CCOC(=O)C(C)=C[C@H](C(C)C)N(C)C(=O)[C@@H](NC(=O)N1NC(c2ccccc2)SC1(C)C)C(C)(C)C. The van der Waals surface area contributed by atoms with E-state index < -0.39 is 22.3 Å². The topological polar surface area (TPSA) is 91.0 Å². The predicted octanol–water partition coefficient (Wildman–Crippen LogP) is 5.09. The molecule has 2 rings (SSSR count). The number of nitrogens with one attached hydrogen (secondary N) is 2. The summed E-state index contributed by atoms with van der Waals surface area (Å²) in [6.07, 6.45) is 1.77. The normalized spacial score (nSPS) is 19.4. The largest absolute Gasteiger partial charge is 0.463 e. The highest BCUT2D eigenvalue weighted by atomic mass is 32.2. The number of nitrogens with zero attached hydrogens (tertiary/aromatic N) is 2. The molecule has 1 aliphatic rings. The zero-order valence-electron chi connectivity index (χ0n) is 23.9. The molecule has 37 heavy (non-hydrogen) atoms. The van der Waals surface area contributed by atoms with E-state index in [1.165, 1.54) is 0 Å². The van der Waals surface area contributed by atoms with Gasteiger partial charge in [-0.25, -0.2) is 20.0 Å². The van der Waals surface area contributed by atoms with Crippen molar-refractivity contribution in [1.29, 1.82) is 0 Å². The number of likely N-dealkylation sites (N-methyl/N-ethyl adjacent to an activating group) is 1. The number of carbonyl (C=O) groups excluding carboxylic acids is 3. The van der Waals surface area contributed by atoms with Crippen molar-refractivity contribution in [3.8, 4) is 0 Å². The summed E-state index contributed by atoms with van der Waals surface area (Å²) in [4.78, 5) is 40.7. The molecule has 8 nitrogen and oxygen atoms in total. The van der Waals surface area contributed by atoms with Crippen molar-refractivity contribution in [3.05, 3.63) is 47.5 Å². The molecule has 1 aromatic rings. The Bertz CT molecular complexity index is 988. The second-order valence-electron chi connectivity index (χ2n) is 11.3. The highest BCUT2D eigenvalue weighted by molar-refractivity contribution is 8.01. The number of rotatable bonds is 8. The van der Waals surface area contributed by atoms with Gasteiger partial charge in [-0.2, -0.15) is 0 Å². The van der Waals surface area contributed by atoms with Crippen LogP contribution in [-0.2, 0) is 14.3 Å². The molecule has 1 aliphatic heterocycles. The van der Waals surface area contributed by atoms with Gasteiger partial charge in [-0.05, 0) is 44.6 Å². The first kappa shape index (κ1) is 30.7. The summed E-state index contributed by atoms with van der Waals surface area (Å²) in [6, 6.07) is 8.45. The van der Waals surface area contributed by atoms with Crippen LogP contribution in [0.2, 0.25) is 0 Å². The smallest absolute Gasteiger partial charge is 0.333 e. The van der Waals surface area contributed by atoms with E-state index in [4.69, 9.17) is 4.74 Å². The molecule has 0 spiro atoms. The van der Waals surface area contributed by atoms with Crippen molar-refractivity contribution in [1.82, 2.24) is 20.7 Å². The summed E-state index contributed by atoms with van der Waals surface area (Å²) in [5.41, 5.74) is 4.27. The Morgan fingerprint density at radius 1 is 1.22 bits per heavy atom. The van der Waals surface area contributed by atoms with Gasteiger partial charge in [-0.15, -0.1) is 11.8 Å². The molecule has 1 heterocycles. The maximum atomic E-state index is 13.8. The third kappa shape index (κ3) is 7.74. The van der Waals surface area contributed by atoms with Gasteiger partial charge in [-0.3, -0.25) is 4.79 Å². The van der Waals surface area contributed by atoms with Crippen LogP contribution in [0.3, 0.4) is 0 Å². The van der Waals surface area contributed by atoms with Crippen LogP contribution in [0.15, 0.2) is 42.0 Å². The second-order valence-corrected chi connectivity index (χ2v) is 13.0. The molecule has 1 fully saturated rings. The third-order valence-electron chi connectivity index (χ3n) is 6.37. The lowest BCUT2D eigenvalue weighted by Crippen LogP contribution is -2.61. The summed E-state index contributed by atoms with van der Waals surface area (Å²) < 4.78 is 5.11. The van der Waals surface area contributed by atoms with E-state index >= 15 is 0 Å². The van der Waals surface area contributed by atoms with Crippen LogP contribution in [0.5, 0.6) is 0 Å². The summed E-state index contributed by atoms with van der Waals surface area (Å²) in [6.45, 7) is 17.5. The third-order valence-corrected chi connectivity index (χ3v) is 7.75. The molecule has 0 radical (unpaired) electrons. The van der Waals surface area contributed by atoms with Gasteiger partial charge in [-0.1, -0.05) is 71.0 Å². The number of hydrogen-bond donors (Lipinski definition) is 2. The standard InChI is InChI=1S/C28H44N4O4S/c1-11-36-25(34)19(4)17-21(18(2)3)31(10)24(33)22(27(5,6)7)29-26(35)32-28(8,9)37-23(30-32)20-15-13-12-14-16-20/h12-18,21-23,30H,11H2,1-10H3,(H,29,35)/t21-,22-,23?/m1/s1. The van der Waals surface area contributed by atoms with Crippen molar-refractivity contribution >= 4 is 29.7 Å². The van der Waals surface area contributed by atoms with Crippen LogP contribution in [0.25, 0.3) is 0 Å². The second kappa shape index (κ2) is 12.3. The zero-order chi connectivity index (χ0) is 28.1. The lowest BCUT2D eigenvalue weighted by atomic mass is 9.85. The van der Waals surface area contributed by atoms with E-state index in [1.54, 1.807) is 48.6 Å². The maximum absolute atomic E-state index is 13.8. The summed E-state index contributed by atoms with van der Waals surface area (Å²) in [5, 5.41) is 4.49. The minimum absolute atomic E-state index is 0.0388. The Hall–Kier alpha value is -2.52. The molecule has 1 aromatic carbocycles. The molecule has 0 aromatic heterocycles. The van der Waals surface area contributed by atoms with E-state index in [0.717, 1.165) is 5.56 Å². The number of esters is 1. The number of carbonyl (C=O) groups is 3. The van der Waals surface area contributed by atoms with Crippen LogP contribution in [0.4, 0.5) is 4.79 Å². The highest BCUT2D eigenvalue weighted by Crippen LogP contribution is 2.44. The lowest BCUT2D eigenvalue weighted by Gasteiger charge is -2.39. The van der Waals surface area contributed by atoms with E-state index in [-0.39, 0.29) is 35.9 Å². The first-order valence-electron chi connectivity index (χ1n) is 12.8. The molecule has 2 N–H and O–H groups in total. The molecule has 1 saturated heterocycles. The van der Waals surface area contributed by atoms with E-state index in [2.05, 4.69) is 10.7 Å². The van der Waals surface area contributed by atoms with Crippen molar-refractivity contribution in [3.63, 3.8) is 0 Å². The number of benzene rings is 1. The van der Waals surface area contributed by atoms with Crippen LogP contribution in [-0.4, -0.2) is 58.4 Å². The molecule has 206 valence electrons. The Morgan fingerprint density at radius 2 is 1.81 bits per heavy atom. The Labute approximate surface area is 226 Å². The van der Waals surface area contributed by atoms with Gasteiger partial charge in [0.05, 0.1) is 18.0 Å². The van der Waals surface area contributed by atoms with Crippen LogP contribution >= 0.6 is 11.8 Å². The van der Waals surface area contributed by atoms with Gasteiger partial charge < -0.3 is 15.0 Å². The summed E-state index contributed by atoms with van der Waals surface area (Å²) in [7, 11) is 1.71. The van der Waals surface area contributed by atoms with E-state index in [0.29, 0.717) is 5.57 Å². The van der Waals surface area contributed by atoms with Crippen molar-refractivity contribution in [2.75, 3.05) is 13.7 Å². The molecule has 0 bridgehead atoms. The van der Waals surface area contributed by atoms with Crippen LogP contribution in [0, 0.1) is 11.3 Å². The predicted molar refractivity (Wildman–Crippen MR) is 149 cm³/mol. The quantitative estimate of drug-likeness (QED) is 0.358. The number of hydrogen-bond acceptors (Lipinski definition) is 6. The highest BCUT2D eigenvalue weighted by Gasteiger charge is 2.45. The fourth-order valence-corrected chi connectivity index (χ4v) is 5.49. The number of urea groups is 1. The van der Waals surface area contributed by atoms with Crippen molar-refractivity contribution in [2.45, 2.75) is 84.6 Å². The van der Waals surface area contributed by atoms with Gasteiger partial charge in [0.1, 0.15) is 10.9 Å². The maximum Gasteiger partial charge on any atom is 0.333 e. The molecule has 1 unspecified atom stereocenters. The fraction of sp³-hybridized carbons (Fsp3) is 0.607. The summed E-state index contributed by atoms with van der Waals surface area (Å²) >= 11 is 1.64. The Morgan fingerprint density at radius 3 is 2.32 bits per heavy atom. The summed E-state index contributed by atoms with van der Waals surface area (Å²) in [5.74, 6) is -0.587. The van der Waals surface area contributed by atoms with Gasteiger partial charge in [0, 0.05) is 12.6 Å². The van der Waals surface area contributed by atoms with E-state index in [1.807, 2.05) is 78.8 Å². The van der Waals surface area contributed by atoms with Crippen LogP contribution < -0.4 is 10.7 Å². The molecule has 0 saturated carbocycles. The molecular weight excluding hydrogens is 488 g/mol. The zero-order valence-corrected chi connectivity index (χ0v) is 24.7. The van der Waals surface area contributed by atoms with E-state index in [9.17, 15) is 14.4 Å². The Balaban J connectivity index is 2.27. The number of thioether (sulfide) groups is 1.